The molecule has 0 saturated carbocycles. The van der Waals surface area contributed by atoms with Crippen molar-refractivity contribution >= 4 is 15.8 Å². The molecular formula is C11H11N3O2S. The van der Waals surface area contributed by atoms with Gasteiger partial charge in [0.15, 0.2) is 0 Å². The first kappa shape index (κ1) is 11.5. The second-order valence-electron chi connectivity index (χ2n) is 3.47. The van der Waals surface area contributed by atoms with E-state index in [1.807, 2.05) is 0 Å². The van der Waals surface area contributed by atoms with Crippen molar-refractivity contribution in [2.24, 2.45) is 0 Å². The van der Waals surface area contributed by atoms with Crippen molar-refractivity contribution in [3.05, 3.63) is 48.4 Å². The second kappa shape index (κ2) is 4.50. The molecule has 2 rings (SSSR count). The molecule has 0 saturated heterocycles. The molecule has 0 amide bonds. The summed E-state index contributed by atoms with van der Waals surface area (Å²) in [6.45, 7) is 1.74. The van der Waals surface area contributed by atoms with Gasteiger partial charge < -0.3 is 0 Å². The van der Waals surface area contributed by atoms with E-state index in [0.717, 1.165) is 0 Å². The van der Waals surface area contributed by atoms with Crippen LogP contribution in [0.15, 0.2) is 47.8 Å². The van der Waals surface area contributed by atoms with Gasteiger partial charge in [-0.3, -0.25) is 4.72 Å². The van der Waals surface area contributed by atoms with Crippen molar-refractivity contribution in [3.63, 3.8) is 0 Å². The van der Waals surface area contributed by atoms with Gasteiger partial charge in [-0.15, -0.1) is 0 Å². The molecule has 1 N–H and O–H groups in total. The van der Waals surface area contributed by atoms with Gasteiger partial charge in [0.2, 0.25) is 0 Å². The zero-order valence-electron chi connectivity index (χ0n) is 9.16. The molecule has 1 aromatic carbocycles. The number of hydrogen-bond acceptors (Lipinski definition) is 4. The van der Waals surface area contributed by atoms with Crippen molar-refractivity contribution < 1.29 is 8.42 Å². The minimum atomic E-state index is -3.58. The molecule has 17 heavy (non-hydrogen) atoms. The standard InChI is InChI=1S/C11H11N3O2S/c1-9-4-2-3-5-10(9)17(15,16)14-11-6-7-12-8-13-11/h2-8H,1H3,(H,12,13,14). The van der Waals surface area contributed by atoms with Crippen LogP contribution in [-0.4, -0.2) is 18.4 Å². The number of nitrogens with zero attached hydrogens (tertiary/aromatic N) is 2. The summed E-state index contributed by atoms with van der Waals surface area (Å²) in [7, 11) is -3.58. The Morgan fingerprint density at radius 1 is 1.18 bits per heavy atom. The summed E-state index contributed by atoms with van der Waals surface area (Å²) in [6.07, 6.45) is 2.76. The monoisotopic (exact) mass is 249 g/mol. The van der Waals surface area contributed by atoms with Gasteiger partial charge in [-0.05, 0) is 24.6 Å². The molecule has 0 bridgehead atoms. The molecule has 0 aliphatic rings. The minimum absolute atomic E-state index is 0.249. The van der Waals surface area contributed by atoms with Crippen LogP contribution in [0.5, 0.6) is 0 Å². The summed E-state index contributed by atoms with van der Waals surface area (Å²) in [5, 5.41) is 0. The molecule has 0 aliphatic carbocycles. The number of aromatic nitrogens is 2. The van der Waals surface area contributed by atoms with Crippen LogP contribution in [0.2, 0.25) is 0 Å². The molecule has 0 atom stereocenters. The third kappa shape index (κ3) is 2.59. The molecule has 0 radical (unpaired) electrons. The second-order valence-corrected chi connectivity index (χ2v) is 5.12. The van der Waals surface area contributed by atoms with Crippen LogP contribution < -0.4 is 4.72 Å². The molecule has 1 heterocycles. The van der Waals surface area contributed by atoms with Crippen LogP contribution >= 0.6 is 0 Å². The van der Waals surface area contributed by atoms with E-state index in [0.29, 0.717) is 5.56 Å². The van der Waals surface area contributed by atoms with Gasteiger partial charge >= 0.3 is 0 Å². The Bertz CT molecular complexity index is 612. The molecule has 88 valence electrons. The van der Waals surface area contributed by atoms with E-state index in [1.165, 1.54) is 18.6 Å². The number of nitrogens with one attached hydrogen (secondary N) is 1. The van der Waals surface area contributed by atoms with Crippen LogP contribution in [0.25, 0.3) is 0 Å². The Kier molecular flexibility index (Phi) is 3.06. The zero-order chi connectivity index (χ0) is 12.3. The number of rotatable bonds is 3. The highest BCUT2D eigenvalue weighted by Crippen LogP contribution is 2.17. The highest BCUT2D eigenvalue weighted by Gasteiger charge is 2.16. The molecule has 0 fully saturated rings. The summed E-state index contributed by atoms with van der Waals surface area (Å²) < 4.78 is 26.5. The predicted molar refractivity (Wildman–Crippen MR) is 64.0 cm³/mol. The number of aryl methyl sites for hydroxylation is 1. The maximum absolute atomic E-state index is 12.1. The zero-order valence-corrected chi connectivity index (χ0v) is 9.98. The molecule has 0 aliphatic heterocycles. The van der Waals surface area contributed by atoms with E-state index in [1.54, 1.807) is 31.2 Å². The Labute approximate surface area is 99.6 Å². The smallest absolute Gasteiger partial charge is 0.263 e. The first-order valence-electron chi connectivity index (χ1n) is 4.94. The van der Waals surface area contributed by atoms with Gasteiger partial charge in [0.1, 0.15) is 12.1 Å². The van der Waals surface area contributed by atoms with Gasteiger partial charge in [0.25, 0.3) is 10.0 Å². The summed E-state index contributed by atoms with van der Waals surface area (Å²) in [6, 6.07) is 8.27. The fraction of sp³-hybridized carbons (Fsp3) is 0.0909. The van der Waals surface area contributed by atoms with Crippen molar-refractivity contribution in [2.45, 2.75) is 11.8 Å². The first-order valence-corrected chi connectivity index (χ1v) is 6.42. The molecule has 2 aromatic rings. The highest BCUT2D eigenvalue weighted by atomic mass is 32.2. The van der Waals surface area contributed by atoms with Crippen molar-refractivity contribution in [2.75, 3.05) is 4.72 Å². The number of anilines is 1. The fourth-order valence-corrected chi connectivity index (χ4v) is 2.66. The van der Waals surface area contributed by atoms with Crippen LogP contribution in [0.3, 0.4) is 0 Å². The van der Waals surface area contributed by atoms with E-state index in [9.17, 15) is 8.42 Å². The van der Waals surface area contributed by atoms with E-state index in [2.05, 4.69) is 14.7 Å². The minimum Gasteiger partial charge on any atom is -0.263 e. The molecular weight excluding hydrogens is 238 g/mol. The quantitative estimate of drug-likeness (QED) is 0.896. The van der Waals surface area contributed by atoms with Gasteiger partial charge in [-0.1, -0.05) is 18.2 Å². The predicted octanol–water partition coefficient (Wildman–Crippen LogP) is 1.59. The van der Waals surface area contributed by atoms with Crippen molar-refractivity contribution in [1.29, 1.82) is 0 Å². The van der Waals surface area contributed by atoms with Crippen LogP contribution in [0.4, 0.5) is 5.82 Å². The molecule has 5 nitrogen and oxygen atoms in total. The summed E-state index contributed by atoms with van der Waals surface area (Å²) in [5.41, 5.74) is 0.689. The third-order valence-corrected chi connectivity index (χ3v) is 3.72. The number of hydrogen-bond donors (Lipinski definition) is 1. The molecule has 0 spiro atoms. The van der Waals surface area contributed by atoms with Crippen LogP contribution in [0.1, 0.15) is 5.56 Å². The number of sulfonamides is 1. The van der Waals surface area contributed by atoms with E-state index >= 15 is 0 Å². The average molecular weight is 249 g/mol. The molecule has 0 unspecified atom stereocenters. The maximum atomic E-state index is 12.1. The lowest BCUT2D eigenvalue weighted by Crippen LogP contribution is -2.15. The topological polar surface area (TPSA) is 72.0 Å². The van der Waals surface area contributed by atoms with Crippen molar-refractivity contribution in [1.82, 2.24) is 9.97 Å². The SMILES string of the molecule is Cc1ccccc1S(=O)(=O)Nc1ccncn1. The summed E-state index contributed by atoms with van der Waals surface area (Å²) >= 11 is 0. The molecule has 1 aromatic heterocycles. The third-order valence-electron chi connectivity index (χ3n) is 2.20. The van der Waals surface area contributed by atoms with E-state index in [-0.39, 0.29) is 10.7 Å². The lowest BCUT2D eigenvalue weighted by molar-refractivity contribution is 0.600. The first-order chi connectivity index (χ1) is 8.09. The summed E-state index contributed by atoms with van der Waals surface area (Å²) in [4.78, 5) is 7.79. The normalized spacial score (nSPS) is 11.1. The lowest BCUT2D eigenvalue weighted by Gasteiger charge is -2.08. The van der Waals surface area contributed by atoms with Crippen molar-refractivity contribution in [3.8, 4) is 0 Å². The van der Waals surface area contributed by atoms with Crippen LogP contribution in [-0.2, 0) is 10.0 Å². The van der Waals surface area contributed by atoms with Crippen LogP contribution in [0, 0.1) is 6.92 Å². The van der Waals surface area contributed by atoms with Gasteiger partial charge in [0, 0.05) is 6.20 Å². The Balaban J connectivity index is 2.36. The Morgan fingerprint density at radius 3 is 2.59 bits per heavy atom. The Morgan fingerprint density at radius 2 is 1.94 bits per heavy atom. The van der Waals surface area contributed by atoms with E-state index < -0.39 is 10.0 Å². The Hall–Kier alpha value is -1.95. The maximum Gasteiger partial charge on any atom is 0.263 e. The van der Waals surface area contributed by atoms with E-state index in [4.69, 9.17) is 0 Å². The lowest BCUT2D eigenvalue weighted by atomic mass is 10.2. The average Bonchev–Trinajstić information content (AvgIpc) is 2.30. The molecule has 6 heteroatoms. The summed E-state index contributed by atoms with van der Waals surface area (Å²) in [5.74, 6) is 0.253. The fourth-order valence-electron chi connectivity index (χ4n) is 1.40. The van der Waals surface area contributed by atoms with Gasteiger partial charge in [-0.25, -0.2) is 18.4 Å². The van der Waals surface area contributed by atoms with Gasteiger partial charge in [0.05, 0.1) is 4.90 Å². The number of benzene rings is 1. The largest absolute Gasteiger partial charge is 0.263 e. The van der Waals surface area contributed by atoms with Gasteiger partial charge in [-0.2, -0.15) is 0 Å². The highest BCUT2D eigenvalue weighted by molar-refractivity contribution is 7.92.